The molecule has 4 aliphatic rings. The molecule has 0 radical (unpaired) electrons. The van der Waals surface area contributed by atoms with E-state index in [4.69, 9.17) is 27.9 Å². The van der Waals surface area contributed by atoms with Gasteiger partial charge < -0.3 is 29.1 Å². The average molecular weight is 1960 g/mol. The van der Waals surface area contributed by atoms with Gasteiger partial charge in [-0.25, -0.2) is 53.5 Å². The first kappa shape index (κ1) is 96.3. The van der Waals surface area contributed by atoms with Gasteiger partial charge in [-0.3, -0.25) is 23.3 Å². The number of pyridine rings is 3. The zero-order valence-corrected chi connectivity index (χ0v) is 71.7. The standard InChI is InChI=1S/C22H17F7N4O2S.C21H17F6N5O2S.2C19H15ClF3N5OS/c23-16-3-1-14(9-17(16)35-11-21(24,25)26)13-5-7-32(8-6-13)19-30-12-33(20(34)31-19)10-15-2-4-18(36-15)22(27,28)29;22-20(23,24)11-34-17-3-1-2-15(29-17)13-6-8-31(9-7-13)18-28-12-32(19(33)30-18)10-14-4-5-16(35-14)21(25,26)27;20-13-1-3-15(24-9-13)12-5-7-27(8-6-12)17-25-11-28(18(29)26-17)10-14-2-4-16(30-14)19(21,22)23;20-16-3-1-2-14(25-16)12-6-8-27(9-7-12)17-24-11-28(18(29)26-17)10-13-4-5-15(30-13)19(21,22)23/h1-5,9,12H,6-8,10-11H2;1-6,12H,7-11H2;1-5,9,11H,6-8,10H2;1-6,11H,7-10H2. The molecule has 0 bridgehead atoms. The number of alkyl halides is 18. The number of nitrogens with zero attached hydrogens (tertiary/aromatic N) is 19. The summed E-state index contributed by atoms with van der Waals surface area (Å²) >= 11 is 14.1. The van der Waals surface area contributed by atoms with Gasteiger partial charge in [-0.15, -0.1) is 45.3 Å². The Morgan fingerprint density at radius 1 is 0.359 bits per heavy atom. The van der Waals surface area contributed by atoms with E-state index in [0.29, 0.717) is 158 Å². The zero-order chi connectivity index (χ0) is 93.9. The van der Waals surface area contributed by atoms with Crippen molar-refractivity contribution in [2.45, 2.75) is 88.9 Å². The number of ether oxygens (including phenoxy) is 2. The number of rotatable bonds is 20. The molecule has 0 saturated carbocycles. The van der Waals surface area contributed by atoms with E-state index >= 15 is 0 Å². The summed E-state index contributed by atoms with van der Waals surface area (Å²) in [5.41, 5.74) is 3.87. The highest BCUT2D eigenvalue weighted by Gasteiger charge is 2.37. The maximum absolute atomic E-state index is 13.8. The molecule has 131 heavy (non-hydrogen) atoms. The van der Waals surface area contributed by atoms with Gasteiger partial charge in [0.25, 0.3) is 0 Å². The minimum Gasteiger partial charge on any atom is -0.481 e. The van der Waals surface area contributed by atoms with Crippen molar-refractivity contribution < 1.29 is 92.9 Å². The molecule has 15 heterocycles. The summed E-state index contributed by atoms with van der Waals surface area (Å²) < 4.78 is 255. The molecule has 0 atom stereocenters. The molecule has 0 aliphatic carbocycles. The third kappa shape index (κ3) is 26.8. The van der Waals surface area contributed by atoms with Crippen molar-refractivity contribution in [3.8, 4) is 11.6 Å². The molecule has 12 aromatic rings. The predicted molar refractivity (Wildman–Crippen MR) is 450 cm³/mol. The van der Waals surface area contributed by atoms with Crippen molar-refractivity contribution in [3.63, 3.8) is 0 Å². The van der Waals surface area contributed by atoms with E-state index in [1.54, 1.807) is 52.4 Å². The number of anilines is 4. The van der Waals surface area contributed by atoms with E-state index in [1.807, 2.05) is 40.2 Å². The van der Waals surface area contributed by atoms with E-state index in [2.05, 4.69) is 59.6 Å². The van der Waals surface area contributed by atoms with Gasteiger partial charge in [0.15, 0.2) is 24.8 Å². The second kappa shape index (κ2) is 41.0. The molecule has 1 aromatic carbocycles. The van der Waals surface area contributed by atoms with Crippen molar-refractivity contribution in [2.24, 2.45) is 0 Å². The van der Waals surface area contributed by atoms with Crippen LogP contribution in [0.3, 0.4) is 0 Å². The Bertz CT molecular complexity index is 6440. The lowest BCUT2D eigenvalue weighted by molar-refractivity contribution is -0.154. The van der Waals surface area contributed by atoms with Gasteiger partial charge in [-0.1, -0.05) is 65.7 Å². The van der Waals surface area contributed by atoms with Crippen LogP contribution in [-0.2, 0) is 50.9 Å². The van der Waals surface area contributed by atoms with Gasteiger partial charge in [0.2, 0.25) is 29.7 Å². The van der Waals surface area contributed by atoms with E-state index in [-0.39, 0.29) is 62.4 Å². The van der Waals surface area contributed by atoms with Crippen molar-refractivity contribution in [1.29, 1.82) is 0 Å². The largest absolute Gasteiger partial charge is 0.481 e. The maximum Gasteiger partial charge on any atom is 0.425 e. The zero-order valence-electron chi connectivity index (χ0n) is 66.9. The first-order valence-electron chi connectivity index (χ1n) is 38.5. The molecule has 25 nitrogen and oxygen atoms in total. The average Bonchev–Trinajstić information content (AvgIpc) is 1.81. The molecule has 11 aromatic heterocycles. The van der Waals surface area contributed by atoms with Gasteiger partial charge >= 0.3 is 59.8 Å². The Morgan fingerprint density at radius 2 is 0.702 bits per heavy atom. The summed E-state index contributed by atoms with van der Waals surface area (Å²) in [6.07, 6.45) is -10.3. The monoisotopic (exact) mass is 1960 g/mol. The molecule has 0 amide bonds. The molecule has 0 spiro atoms. The van der Waals surface area contributed by atoms with Crippen LogP contribution < -0.4 is 51.8 Å². The maximum atomic E-state index is 13.8. The highest BCUT2D eigenvalue weighted by molar-refractivity contribution is 7.13. The smallest absolute Gasteiger partial charge is 0.425 e. The van der Waals surface area contributed by atoms with Gasteiger partial charge in [-0.2, -0.15) is 99.0 Å². The summed E-state index contributed by atoms with van der Waals surface area (Å²) in [6.45, 7) is 0.372. The van der Waals surface area contributed by atoms with Crippen LogP contribution in [0.5, 0.6) is 11.6 Å². The molecule has 4 aliphatic heterocycles. The SMILES string of the molecule is O=c1nc(N2CC=C(c3ccc(Cl)cn3)CC2)ncn1Cc1ccc(C(F)(F)F)s1.O=c1nc(N2CC=C(c3ccc(F)c(OCC(F)(F)F)c3)CC2)ncn1Cc1ccc(C(F)(F)F)s1.O=c1nc(N2CC=C(c3cccc(Cl)n3)CC2)ncn1Cc1ccc(C(F)(F)F)s1.O=c1nc(N2CC=C(c3cccc(OCC(F)(F)F)n3)CC2)ncn1Cc1ccc(C(F)(F)F)s1. The summed E-state index contributed by atoms with van der Waals surface area (Å²) in [6, 6.07) is 26.5. The molecular weight excluding hydrogens is 1900 g/mol. The van der Waals surface area contributed by atoms with Crippen LogP contribution in [0.4, 0.5) is 107 Å². The van der Waals surface area contributed by atoms with Crippen molar-refractivity contribution in [1.82, 2.24) is 73.1 Å². The highest BCUT2D eigenvalue weighted by atomic mass is 35.5. The second-order valence-electron chi connectivity index (χ2n) is 28.5. The van der Waals surface area contributed by atoms with Crippen molar-refractivity contribution >= 4 is 115 Å². The Hall–Kier alpha value is -12.3. The summed E-state index contributed by atoms with van der Waals surface area (Å²) in [7, 11) is 0. The molecule has 16 rings (SSSR count). The normalized spacial score (nSPS) is 14.7. The van der Waals surface area contributed by atoms with Crippen LogP contribution in [0.1, 0.15) is 87.3 Å². The molecule has 50 heteroatoms. The molecule has 0 saturated heterocycles. The Balaban J connectivity index is 0.000000149. The summed E-state index contributed by atoms with van der Waals surface area (Å²) in [5, 5.41) is 0.999. The Morgan fingerprint density at radius 3 is 1.02 bits per heavy atom. The quantitative estimate of drug-likeness (QED) is 0.0507. The van der Waals surface area contributed by atoms with Crippen LogP contribution in [0.15, 0.2) is 190 Å². The van der Waals surface area contributed by atoms with Gasteiger partial charge in [0.05, 0.1) is 48.3 Å². The van der Waals surface area contributed by atoms with E-state index in [9.17, 15) is 103 Å². The van der Waals surface area contributed by atoms with Gasteiger partial charge in [0.1, 0.15) is 50.0 Å². The van der Waals surface area contributed by atoms with Gasteiger partial charge in [0, 0.05) is 84.1 Å². The number of aromatic nitrogens is 15. The lowest BCUT2D eigenvalue weighted by Crippen LogP contribution is -2.34. The second-order valence-corrected chi connectivity index (χ2v) is 34.0. The molecule has 0 unspecified atom stereocenters. The molecule has 690 valence electrons. The first-order chi connectivity index (χ1) is 61.9. The van der Waals surface area contributed by atoms with Crippen LogP contribution >= 0.6 is 68.5 Å². The molecule has 0 fully saturated rings. The van der Waals surface area contributed by atoms with Crippen molar-refractivity contribution in [3.05, 3.63) is 291 Å². The van der Waals surface area contributed by atoms with E-state index in [0.717, 1.165) is 73.1 Å². The minimum absolute atomic E-state index is 0.00779. The highest BCUT2D eigenvalue weighted by Crippen LogP contribution is 2.40. The number of thiophene rings is 4. The van der Waals surface area contributed by atoms with Crippen LogP contribution in [-0.4, -0.2) is 151 Å². The van der Waals surface area contributed by atoms with Crippen LogP contribution in [0.25, 0.3) is 22.3 Å². The number of benzene rings is 1. The summed E-state index contributed by atoms with van der Waals surface area (Å²) in [4.78, 5) is 100. The minimum atomic E-state index is -4.60. The first-order valence-corrected chi connectivity index (χ1v) is 42.5. The van der Waals surface area contributed by atoms with E-state index < -0.39 is 104 Å². The van der Waals surface area contributed by atoms with Gasteiger partial charge in [-0.05, 0) is 145 Å². The Kier molecular flexibility index (Phi) is 30.2. The Labute approximate surface area is 752 Å². The number of halogens is 21. The number of hydrogen-bond acceptors (Lipinski definition) is 25. The number of hydrogen-bond donors (Lipinski definition) is 0. The van der Waals surface area contributed by atoms with E-state index in [1.165, 1.54) is 76.9 Å². The fourth-order valence-corrected chi connectivity index (χ4v) is 16.7. The molecular formula is C81H64Cl2F19N19O6S4. The third-order valence-corrected chi connectivity index (χ3v) is 24.2. The van der Waals surface area contributed by atoms with Crippen LogP contribution in [0.2, 0.25) is 10.2 Å². The third-order valence-electron chi connectivity index (χ3n) is 19.3. The topological polar surface area (TPSA) is 261 Å². The fraction of sp³-hybridized carbons (Fsp3) is 0.296. The van der Waals surface area contributed by atoms with Crippen molar-refractivity contribution in [2.75, 3.05) is 85.2 Å². The lowest BCUT2D eigenvalue weighted by Gasteiger charge is -2.26. The van der Waals surface area contributed by atoms with Crippen LogP contribution in [0, 0.1) is 5.82 Å². The predicted octanol–water partition coefficient (Wildman–Crippen LogP) is 17.8. The fourth-order valence-electron chi connectivity index (χ4n) is 12.9. The summed E-state index contributed by atoms with van der Waals surface area (Å²) in [5.74, 6) is -0.685. The lowest BCUT2D eigenvalue weighted by atomic mass is 9.99. The molecule has 0 N–H and O–H groups in total.